The highest BCUT2D eigenvalue weighted by atomic mass is 15.2. The van der Waals surface area contributed by atoms with Crippen LogP contribution in [0.4, 0.5) is 5.69 Å². The predicted molar refractivity (Wildman–Crippen MR) is 64.5 cm³/mol. The maximum Gasteiger partial charge on any atom is 0.0895 e. The fraction of sp³-hybridized carbons (Fsp3) is 0.417. The molecule has 1 aromatic carbocycles. The van der Waals surface area contributed by atoms with Crippen molar-refractivity contribution >= 4 is 12.0 Å². The van der Waals surface area contributed by atoms with Crippen LogP contribution in [0.25, 0.3) is 0 Å². The Morgan fingerprint density at radius 3 is 2.93 bits per heavy atom. The van der Waals surface area contributed by atoms with E-state index >= 15 is 0 Å². The van der Waals surface area contributed by atoms with Gasteiger partial charge in [0.2, 0.25) is 0 Å². The first-order valence-electron chi connectivity index (χ1n) is 5.46. The van der Waals surface area contributed by atoms with E-state index in [0.717, 1.165) is 32.5 Å². The van der Waals surface area contributed by atoms with Crippen LogP contribution in [0.15, 0.2) is 29.3 Å². The number of para-hydroxylation sites is 1. The van der Waals surface area contributed by atoms with Gasteiger partial charge in [-0.3, -0.25) is 4.99 Å². The summed E-state index contributed by atoms with van der Waals surface area (Å²) in [4.78, 5) is 6.45. The lowest BCUT2D eigenvalue weighted by molar-refractivity contribution is 0.830. The second-order valence-electron chi connectivity index (χ2n) is 3.74. The summed E-state index contributed by atoms with van der Waals surface area (Å²) in [5.74, 6) is 0. The van der Waals surface area contributed by atoms with E-state index in [1.54, 1.807) is 0 Å². The second kappa shape index (κ2) is 4.94. The first-order valence-corrected chi connectivity index (χ1v) is 5.46. The van der Waals surface area contributed by atoms with Crippen molar-refractivity contribution in [3.05, 3.63) is 29.8 Å². The third kappa shape index (κ3) is 2.36. The second-order valence-corrected chi connectivity index (χ2v) is 3.74. The minimum absolute atomic E-state index is 0.752. The summed E-state index contributed by atoms with van der Waals surface area (Å²) >= 11 is 0. The molecule has 1 heterocycles. The maximum absolute atomic E-state index is 5.54. The van der Waals surface area contributed by atoms with Crippen molar-refractivity contribution in [1.82, 2.24) is 0 Å². The highest BCUT2D eigenvalue weighted by molar-refractivity contribution is 5.82. The van der Waals surface area contributed by atoms with Crippen LogP contribution in [-0.4, -0.2) is 26.0 Å². The molecule has 0 fully saturated rings. The van der Waals surface area contributed by atoms with Gasteiger partial charge < -0.3 is 10.6 Å². The van der Waals surface area contributed by atoms with Crippen LogP contribution in [-0.2, 0) is 6.42 Å². The molecular weight excluding hydrogens is 186 g/mol. The van der Waals surface area contributed by atoms with Crippen molar-refractivity contribution in [1.29, 1.82) is 0 Å². The molecule has 1 aliphatic heterocycles. The predicted octanol–water partition coefficient (Wildman–Crippen LogP) is 1.43. The van der Waals surface area contributed by atoms with Crippen LogP contribution in [0, 0.1) is 0 Å². The van der Waals surface area contributed by atoms with Crippen LogP contribution in [0.3, 0.4) is 0 Å². The van der Waals surface area contributed by atoms with E-state index in [1.807, 2.05) is 6.34 Å². The fourth-order valence-electron chi connectivity index (χ4n) is 1.86. The Morgan fingerprint density at radius 2 is 2.20 bits per heavy atom. The Balaban J connectivity index is 2.17. The van der Waals surface area contributed by atoms with Gasteiger partial charge in [0.15, 0.2) is 0 Å². The van der Waals surface area contributed by atoms with Crippen LogP contribution in [0.2, 0.25) is 0 Å². The number of hydrogen-bond donors (Lipinski definition) is 1. The number of aliphatic imine (C=N–C) groups is 1. The summed E-state index contributed by atoms with van der Waals surface area (Å²) in [6, 6.07) is 8.50. The van der Waals surface area contributed by atoms with Crippen molar-refractivity contribution in [2.75, 3.05) is 24.5 Å². The Morgan fingerprint density at radius 1 is 1.33 bits per heavy atom. The van der Waals surface area contributed by atoms with E-state index in [-0.39, 0.29) is 0 Å². The molecule has 1 aromatic rings. The number of rotatable bonds is 4. The SMILES string of the molecule is NCCCc1ccccc1N1C=NCC1. The summed E-state index contributed by atoms with van der Waals surface area (Å²) in [6.45, 7) is 2.66. The van der Waals surface area contributed by atoms with Crippen molar-refractivity contribution in [2.24, 2.45) is 10.7 Å². The number of hydrogen-bond acceptors (Lipinski definition) is 3. The van der Waals surface area contributed by atoms with E-state index in [1.165, 1.54) is 11.3 Å². The minimum Gasteiger partial charge on any atom is -0.331 e. The van der Waals surface area contributed by atoms with Gasteiger partial charge in [-0.15, -0.1) is 0 Å². The highest BCUT2D eigenvalue weighted by Gasteiger charge is 2.11. The zero-order valence-electron chi connectivity index (χ0n) is 8.89. The third-order valence-corrected chi connectivity index (χ3v) is 2.64. The van der Waals surface area contributed by atoms with Gasteiger partial charge >= 0.3 is 0 Å². The minimum atomic E-state index is 0.752. The molecule has 0 bridgehead atoms. The van der Waals surface area contributed by atoms with E-state index in [2.05, 4.69) is 34.2 Å². The van der Waals surface area contributed by atoms with Crippen molar-refractivity contribution in [3.8, 4) is 0 Å². The molecule has 2 N–H and O–H groups in total. The maximum atomic E-state index is 5.54. The molecule has 0 unspecified atom stereocenters. The topological polar surface area (TPSA) is 41.6 Å². The Labute approximate surface area is 90.6 Å². The van der Waals surface area contributed by atoms with Gasteiger partial charge in [-0.25, -0.2) is 0 Å². The normalized spacial score (nSPS) is 14.9. The van der Waals surface area contributed by atoms with Crippen molar-refractivity contribution < 1.29 is 0 Å². The summed E-state index contributed by atoms with van der Waals surface area (Å²) in [5, 5.41) is 0. The molecule has 80 valence electrons. The largest absolute Gasteiger partial charge is 0.331 e. The van der Waals surface area contributed by atoms with Gasteiger partial charge in [-0.05, 0) is 31.0 Å². The number of nitrogens with zero attached hydrogens (tertiary/aromatic N) is 2. The van der Waals surface area contributed by atoms with Gasteiger partial charge in [-0.1, -0.05) is 18.2 Å². The summed E-state index contributed by atoms with van der Waals surface area (Å²) in [6.07, 6.45) is 4.03. The Kier molecular flexibility index (Phi) is 3.35. The van der Waals surface area contributed by atoms with Crippen LogP contribution in [0.1, 0.15) is 12.0 Å². The number of anilines is 1. The van der Waals surface area contributed by atoms with Crippen molar-refractivity contribution in [3.63, 3.8) is 0 Å². The lowest BCUT2D eigenvalue weighted by Gasteiger charge is -2.18. The molecule has 3 nitrogen and oxygen atoms in total. The lowest BCUT2D eigenvalue weighted by Crippen LogP contribution is -2.19. The third-order valence-electron chi connectivity index (χ3n) is 2.64. The summed E-state index contributed by atoms with van der Waals surface area (Å²) in [7, 11) is 0. The first kappa shape index (κ1) is 10.2. The van der Waals surface area contributed by atoms with E-state index in [4.69, 9.17) is 5.73 Å². The van der Waals surface area contributed by atoms with Crippen LogP contribution >= 0.6 is 0 Å². The van der Waals surface area contributed by atoms with Crippen LogP contribution < -0.4 is 10.6 Å². The zero-order valence-corrected chi connectivity index (χ0v) is 8.89. The van der Waals surface area contributed by atoms with E-state index in [9.17, 15) is 0 Å². The molecule has 0 aliphatic carbocycles. The lowest BCUT2D eigenvalue weighted by atomic mass is 10.1. The standard InChI is InChI=1S/C12H17N3/c13-7-3-5-11-4-1-2-6-12(11)15-9-8-14-10-15/h1-2,4,6,10H,3,5,7-9,13H2. The van der Waals surface area contributed by atoms with Gasteiger partial charge in [0, 0.05) is 12.2 Å². The van der Waals surface area contributed by atoms with Gasteiger partial charge in [0.1, 0.15) is 0 Å². The molecular formula is C12H17N3. The number of nitrogens with two attached hydrogens (primary N) is 1. The molecule has 0 amide bonds. The number of benzene rings is 1. The molecule has 0 radical (unpaired) electrons. The molecule has 3 heteroatoms. The smallest absolute Gasteiger partial charge is 0.0895 e. The molecule has 0 aromatic heterocycles. The summed E-state index contributed by atoms with van der Waals surface area (Å²) < 4.78 is 0. The Bertz CT molecular complexity index is 346. The molecule has 0 spiro atoms. The average Bonchev–Trinajstić information content (AvgIpc) is 2.80. The molecule has 2 rings (SSSR count). The first-order chi connectivity index (χ1) is 7.42. The van der Waals surface area contributed by atoms with E-state index in [0.29, 0.717) is 0 Å². The number of aryl methyl sites for hydroxylation is 1. The monoisotopic (exact) mass is 203 g/mol. The molecule has 1 aliphatic rings. The quantitative estimate of drug-likeness (QED) is 0.804. The Hall–Kier alpha value is -1.35. The highest BCUT2D eigenvalue weighted by Crippen LogP contribution is 2.21. The van der Waals surface area contributed by atoms with E-state index < -0.39 is 0 Å². The van der Waals surface area contributed by atoms with Gasteiger partial charge in [0.05, 0.1) is 12.9 Å². The molecule has 0 saturated heterocycles. The molecule has 0 atom stereocenters. The zero-order chi connectivity index (χ0) is 10.5. The fourth-order valence-corrected chi connectivity index (χ4v) is 1.86. The average molecular weight is 203 g/mol. The van der Waals surface area contributed by atoms with Gasteiger partial charge in [-0.2, -0.15) is 0 Å². The summed E-state index contributed by atoms with van der Waals surface area (Å²) in [5.41, 5.74) is 8.20. The van der Waals surface area contributed by atoms with Crippen molar-refractivity contribution in [2.45, 2.75) is 12.8 Å². The molecule has 0 saturated carbocycles. The molecule has 15 heavy (non-hydrogen) atoms. The van der Waals surface area contributed by atoms with Gasteiger partial charge in [0.25, 0.3) is 0 Å². The van der Waals surface area contributed by atoms with Crippen LogP contribution in [0.5, 0.6) is 0 Å².